The third-order valence-corrected chi connectivity index (χ3v) is 7.60. The van der Waals surface area contributed by atoms with Gasteiger partial charge in [0.15, 0.2) is 0 Å². The van der Waals surface area contributed by atoms with Gasteiger partial charge in [-0.3, -0.25) is 4.68 Å². The third kappa shape index (κ3) is 7.10. The van der Waals surface area contributed by atoms with Gasteiger partial charge in [0.2, 0.25) is 10.0 Å². The first-order valence-electron chi connectivity index (χ1n) is 11.5. The minimum absolute atomic E-state index is 0.00830. The van der Waals surface area contributed by atoms with Crippen molar-refractivity contribution in [1.82, 2.24) is 29.7 Å². The number of alkyl halides is 3. The van der Waals surface area contributed by atoms with Gasteiger partial charge in [-0.1, -0.05) is 11.3 Å². The molecule has 0 aliphatic heterocycles. The van der Waals surface area contributed by atoms with E-state index in [2.05, 4.69) is 30.3 Å². The minimum Gasteiger partial charge on any atom is -0.364 e. The summed E-state index contributed by atoms with van der Waals surface area (Å²) in [7, 11) is -3.19. The number of rotatable bonds is 9. The van der Waals surface area contributed by atoms with Crippen LogP contribution in [0.3, 0.4) is 0 Å². The lowest BCUT2D eigenvalue weighted by atomic mass is 9.86. The van der Waals surface area contributed by atoms with E-state index in [1.165, 1.54) is 18.5 Å². The number of benzene rings is 1. The van der Waals surface area contributed by atoms with Gasteiger partial charge in [-0.15, -0.1) is 5.10 Å². The molecule has 190 valence electrons. The fourth-order valence-electron chi connectivity index (χ4n) is 4.33. The van der Waals surface area contributed by atoms with Crippen molar-refractivity contribution >= 4 is 26.7 Å². The molecule has 0 bridgehead atoms. The summed E-state index contributed by atoms with van der Waals surface area (Å²) >= 11 is 0. The normalized spacial score (nSPS) is 19.2. The van der Waals surface area contributed by atoms with Gasteiger partial charge in [-0.25, -0.2) is 23.1 Å². The highest BCUT2D eigenvalue weighted by molar-refractivity contribution is 7.89. The smallest absolute Gasteiger partial charge is 0.364 e. The maximum Gasteiger partial charge on any atom is 0.393 e. The number of anilines is 1. The van der Waals surface area contributed by atoms with Crippen molar-refractivity contribution in [3.8, 4) is 0 Å². The molecule has 0 radical (unpaired) electrons. The molecule has 0 unspecified atom stereocenters. The number of aromatic nitrogens is 5. The van der Waals surface area contributed by atoms with Crippen LogP contribution in [0.4, 0.5) is 19.0 Å². The maximum absolute atomic E-state index is 12.8. The van der Waals surface area contributed by atoms with Gasteiger partial charge < -0.3 is 5.32 Å². The molecule has 9 nitrogen and oxygen atoms in total. The molecular weight excluding hydrogens is 483 g/mol. The molecule has 13 heteroatoms. The van der Waals surface area contributed by atoms with Crippen LogP contribution in [-0.4, -0.2) is 51.4 Å². The van der Waals surface area contributed by atoms with Crippen molar-refractivity contribution < 1.29 is 21.6 Å². The van der Waals surface area contributed by atoms with Crippen LogP contribution >= 0.6 is 0 Å². The van der Waals surface area contributed by atoms with Crippen molar-refractivity contribution in [2.45, 2.75) is 64.3 Å². The summed E-state index contributed by atoms with van der Waals surface area (Å²) in [6.07, 6.45) is 1.28. The van der Waals surface area contributed by atoms with E-state index >= 15 is 0 Å². The molecule has 2 aromatic heterocycles. The van der Waals surface area contributed by atoms with Crippen molar-refractivity contribution in [2.75, 3.05) is 11.1 Å². The Morgan fingerprint density at radius 2 is 1.91 bits per heavy atom. The molecule has 2 N–H and O–H groups in total. The van der Waals surface area contributed by atoms with E-state index in [1.54, 1.807) is 17.7 Å². The Bertz CT molecular complexity index is 1260. The largest absolute Gasteiger partial charge is 0.393 e. The van der Waals surface area contributed by atoms with Crippen LogP contribution in [0.5, 0.6) is 0 Å². The fourth-order valence-corrected chi connectivity index (χ4v) is 5.24. The molecule has 35 heavy (non-hydrogen) atoms. The third-order valence-electron chi connectivity index (χ3n) is 6.15. The Hall–Kier alpha value is -2.80. The topological polar surface area (TPSA) is 115 Å². The van der Waals surface area contributed by atoms with Gasteiger partial charge in [0.1, 0.15) is 17.8 Å². The highest BCUT2D eigenvalue weighted by Crippen LogP contribution is 2.27. The monoisotopic (exact) mass is 511 g/mol. The molecule has 4 rings (SSSR count). The van der Waals surface area contributed by atoms with E-state index in [9.17, 15) is 21.6 Å². The van der Waals surface area contributed by atoms with E-state index in [0.717, 1.165) is 25.7 Å². The number of nitrogens with one attached hydrogen (secondary N) is 2. The number of hydrogen-bond donors (Lipinski definition) is 2. The molecular formula is C22H28F3N7O2S. The second-order valence-electron chi connectivity index (χ2n) is 8.89. The van der Waals surface area contributed by atoms with Gasteiger partial charge in [0, 0.05) is 18.0 Å². The predicted octanol–water partition coefficient (Wildman–Crippen LogP) is 3.44. The van der Waals surface area contributed by atoms with Gasteiger partial charge in [-0.05, 0) is 56.2 Å². The first kappa shape index (κ1) is 25.3. The van der Waals surface area contributed by atoms with Gasteiger partial charge in [-0.2, -0.15) is 13.2 Å². The van der Waals surface area contributed by atoms with E-state index in [4.69, 9.17) is 0 Å². The molecule has 3 aromatic rings. The number of sulfonamides is 1. The summed E-state index contributed by atoms with van der Waals surface area (Å²) in [6.45, 7) is 2.63. The summed E-state index contributed by atoms with van der Waals surface area (Å²) < 4.78 is 66.4. The van der Waals surface area contributed by atoms with E-state index in [1.807, 2.05) is 6.20 Å². The Morgan fingerprint density at radius 3 is 2.63 bits per heavy atom. The zero-order chi connectivity index (χ0) is 25.1. The second kappa shape index (κ2) is 10.4. The average molecular weight is 512 g/mol. The molecule has 2 heterocycles. The van der Waals surface area contributed by atoms with Gasteiger partial charge in [0.05, 0.1) is 30.4 Å². The second-order valence-corrected chi connectivity index (χ2v) is 10.9. The fraction of sp³-hybridized carbons (Fsp3) is 0.545. The molecule has 0 saturated heterocycles. The Kier molecular flexibility index (Phi) is 7.55. The van der Waals surface area contributed by atoms with Gasteiger partial charge in [0.25, 0.3) is 0 Å². The molecule has 0 spiro atoms. The molecule has 1 saturated carbocycles. The number of fused-ring (bicyclic) bond motifs is 1. The maximum atomic E-state index is 12.8. The summed E-state index contributed by atoms with van der Waals surface area (Å²) in [6, 6.07) is 4.43. The minimum atomic E-state index is -4.29. The molecule has 1 aromatic carbocycles. The van der Waals surface area contributed by atoms with E-state index in [0.29, 0.717) is 41.4 Å². The first-order chi connectivity index (χ1) is 16.6. The van der Waals surface area contributed by atoms with Crippen molar-refractivity contribution in [1.29, 1.82) is 0 Å². The average Bonchev–Trinajstić information content (AvgIpc) is 3.25. The number of hydrogen-bond acceptors (Lipinski definition) is 7. The molecule has 0 amide bonds. The van der Waals surface area contributed by atoms with E-state index < -0.39 is 22.6 Å². The summed E-state index contributed by atoms with van der Waals surface area (Å²) in [5, 5.41) is 12.0. The Morgan fingerprint density at radius 1 is 1.14 bits per heavy atom. The number of nitrogens with zero attached hydrogens (tertiary/aromatic N) is 5. The lowest BCUT2D eigenvalue weighted by Crippen LogP contribution is -2.38. The lowest BCUT2D eigenvalue weighted by Gasteiger charge is -2.28. The van der Waals surface area contributed by atoms with Crippen molar-refractivity contribution in [2.24, 2.45) is 5.92 Å². The standard InChI is InChI=1S/C22H28F3N7O2S/c1-2-35(33,34)30-17-6-3-15(4-7-17)12-32-13-18(29-31-32)11-26-21-19-9-16(10-22(23,24)25)5-8-20(19)27-14-28-21/h5,8-9,13-15,17,30H,2-4,6-7,10-12H2,1H3,(H,26,27,28). The molecule has 0 atom stereocenters. The van der Waals surface area contributed by atoms with Crippen LogP contribution in [0.2, 0.25) is 0 Å². The zero-order valence-electron chi connectivity index (χ0n) is 19.3. The first-order valence-corrected chi connectivity index (χ1v) is 13.2. The highest BCUT2D eigenvalue weighted by atomic mass is 32.2. The van der Waals surface area contributed by atoms with Gasteiger partial charge >= 0.3 is 6.18 Å². The van der Waals surface area contributed by atoms with Crippen LogP contribution in [0.25, 0.3) is 10.9 Å². The lowest BCUT2D eigenvalue weighted by molar-refractivity contribution is -0.127. The summed E-state index contributed by atoms with van der Waals surface area (Å²) in [5.41, 5.74) is 1.37. The number of halogens is 3. The summed E-state index contributed by atoms with van der Waals surface area (Å²) in [5.74, 6) is 0.904. The molecule has 1 aliphatic carbocycles. The predicted molar refractivity (Wildman–Crippen MR) is 125 cm³/mol. The zero-order valence-corrected chi connectivity index (χ0v) is 20.1. The van der Waals surface area contributed by atoms with Crippen molar-refractivity contribution in [3.63, 3.8) is 0 Å². The molecule has 1 fully saturated rings. The van der Waals surface area contributed by atoms with Crippen LogP contribution in [0.1, 0.15) is 43.9 Å². The van der Waals surface area contributed by atoms with E-state index in [-0.39, 0.29) is 17.4 Å². The van der Waals surface area contributed by atoms with Crippen LogP contribution in [0.15, 0.2) is 30.7 Å². The van der Waals surface area contributed by atoms with Crippen molar-refractivity contribution in [3.05, 3.63) is 42.0 Å². The quantitative estimate of drug-likeness (QED) is 0.452. The Balaban J connectivity index is 1.33. The SMILES string of the molecule is CCS(=O)(=O)NC1CCC(Cn2cc(CNc3ncnc4ccc(CC(F)(F)F)cc34)nn2)CC1. The van der Waals surface area contributed by atoms with Crippen LogP contribution in [0, 0.1) is 5.92 Å². The van der Waals surface area contributed by atoms with Crippen LogP contribution in [-0.2, 0) is 29.5 Å². The Labute approximate surface area is 201 Å². The van der Waals surface area contributed by atoms with Crippen LogP contribution < -0.4 is 10.0 Å². The highest BCUT2D eigenvalue weighted by Gasteiger charge is 2.28. The summed E-state index contributed by atoms with van der Waals surface area (Å²) in [4.78, 5) is 8.32. The molecule has 1 aliphatic rings.